The zero-order valence-electron chi connectivity index (χ0n) is 10.5. The molecule has 18 heavy (non-hydrogen) atoms. The van der Waals surface area contributed by atoms with Crippen molar-refractivity contribution in [3.63, 3.8) is 0 Å². The predicted molar refractivity (Wildman–Crippen MR) is 65.1 cm³/mol. The van der Waals surface area contributed by atoms with Crippen molar-refractivity contribution in [2.75, 3.05) is 19.8 Å². The van der Waals surface area contributed by atoms with Gasteiger partial charge in [-0.1, -0.05) is 6.07 Å². The van der Waals surface area contributed by atoms with E-state index in [1.54, 1.807) is 0 Å². The van der Waals surface area contributed by atoms with E-state index in [-0.39, 0.29) is 25.7 Å². The van der Waals surface area contributed by atoms with Crippen LogP contribution in [-0.2, 0) is 9.63 Å². The third-order valence-electron chi connectivity index (χ3n) is 2.92. The second kappa shape index (κ2) is 5.37. The lowest BCUT2D eigenvalue weighted by molar-refractivity contribution is -0.170. The molecule has 0 aromatic heterocycles. The Hall–Kier alpha value is -1.59. The number of benzene rings is 1. The summed E-state index contributed by atoms with van der Waals surface area (Å²) in [4.78, 5) is 16.7. The highest BCUT2D eigenvalue weighted by Crippen LogP contribution is 2.16. The minimum Gasteiger partial charge on any atom is -0.484 e. The third kappa shape index (κ3) is 3.00. The van der Waals surface area contributed by atoms with Crippen molar-refractivity contribution in [3.8, 4) is 5.75 Å². The largest absolute Gasteiger partial charge is 0.484 e. The first-order valence-electron chi connectivity index (χ1n) is 5.87. The highest BCUT2D eigenvalue weighted by Gasteiger charge is 2.26. The van der Waals surface area contributed by atoms with E-state index in [1.807, 2.05) is 32.0 Å². The number of hydrogen-bond acceptors (Lipinski definition) is 4. The molecule has 0 aliphatic carbocycles. The zero-order valence-corrected chi connectivity index (χ0v) is 10.5. The first kappa shape index (κ1) is 12.9. The van der Waals surface area contributed by atoms with Gasteiger partial charge in [0.05, 0.1) is 6.54 Å². The number of amides is 1. The molecule has 1 N–H and O–H groups in total. The Kier molecular flexibility index (Phi) is 3.84. The molecule has 5 nitrogen and oxygen atoms in total. The van der Waals surface area contributed by atoms with E-state index in [0.29, 0.717) is 5.75 Å². The number of carbonyl (C=O) groups excluding carboxylic acids is 1. The molecule has 0 saturated carbocycles. The molecule has 1 amide bonds. The second-order valence-electron chi connectivity index (χ2n) is 4.44. The van der Waals surface area contributed by atoms with Gasteiger partial charge in [0.15, 0.2) is 6.61 Å². The summed E-state index contributed by atoms with van der Waals surface area (Å²) in [7, 11) is 0. The Morgan fingerprint density at radius 3 is 2.89 bits per heavy atom. The SMILES string of the molecule is Cc1ccc(OCC(=O)N2C[C@@H](O)CO2)cc1C. The Labute approximate surface area is 106 Å². The number of hydroxylamine groups is 2. The molecular weight excluding hydrogens is 234 g/mol. The van der Waals surface area contributed by atoms with Crippen molar-refractivity contribution in [1.29, 1.82) is 0 Å². The summed E-state index contributed by atoms with van der Waals surface area (Å²) in [6.45, 7) is 4.29. The van der Waals surface area contributed by atoms with Gasteiger partial charge >= 0.3 is 0 Å². The fourth-order valence-corrected chi connectivity index (χ4v) is 1.67. The van der Waals surface area contributed by atoms with Crippen molar-refractivity contribution in [2.45, 2.75) is 20.0 Å². The first-order chi connectivity index (χ1) is 8.56. The summed E-state index contributed by atoms with van der Waals surface area (Å²) in [5.41, 5.74) is 2.30. The summed E-state index contributed by atoms with van der Waals surface area (Å²) >= 11 is 0. The number of β-amino-alcohol motifs (C(OH)–C–C–N with tert-alkyl or cyclic N) is 1. The number of carbonyl (C=O) groups is 1. The van der Waals surface area contributed by atoms with Crippen molar-refractivity contribution in [2.24, 2.45) is 0 Å². The normalized spacial score (nSPS) is 19.1. The van der Waals surface area contributed by atoms with Crippen LogP contribution in [0.15, 0.2) is 18.2 Å². The van der Waals surface area contributed by atoms with Crippen molar-refractivity contribution >= 4 is 5.91 Å². The predicted octanol–water partition coefficient (Wildman–Crippen LogP) is 0.817. The van der Waals surface area contributed by atoms with Gasteiger partial charge in [-0.3, -0.25) is 9.63 Å². The summed E-state index contributed by atoms with van der Waals surface area (Å²) in [6.07, 6.45) is -0.601. The van der Waals surface area contributed by atoms with E-state index < -0.39 is 6.10 Å². The number of nitrogens with zero attached hydrogens (tertiary/aromatic N) is 1. The first-order valence-corrected chi connectivity index (χ1v) is 5.87. The smallest absolute Gasteiger partial charge is 0.284 e. The molecule has 1 heterocycles. The molecule has 0 bridgehead atoms. The van der Waals surface area contributed by atoms with Crippen LogP contribution in [0, 0.1) is 13.8 Å². The summed E-state index contributed by atoms with van der Waals surface area (Å²) < 4.78 is 5.40. The fraction of sp³-hybridized carbons (Fsp3) is 0.462. The maximum atomic E-state index is 11.7. The fourth-order valence-electron chi connectivity index (χ4n) is 1.67. The van der Waals surface area contributed by atoms with Crippen LogP contribution < -0.4 is 4.74 Å². The van der Waals surface area contributed by atoms with Crippen LogP contribution in [0.25, 0.3) is 0 Å². The minimum absolute atomic E-state index is 0.0881. The standard InChI is InChI=1S/C13H17NO4/c1-9-3-4-12(5-10(9)2)17-8-13(16)14-6-11(15)7-18-14/h3-5,11,15H,6-8H2,1-2H3/t11-/m1/s1. The molecule has 1 aliphatic heterocycles. The van der Waals surface area contributed by atoms with Gasteiger partial charge in [0, 0.05) is 0 Å². The lowest BCUT2D eigenvalue weighted by Gasteiger charge is -2.14. The number of aryl methyl sites for hydroxylation is 2. The van der Waals surface area contributed by atoms with Gasteiger partial charge in [-0.25, -0.2) is 5.06 Å². The number of ether oxygens (including phenoxy) is 1. The summed E-state index contributed by atoms with van der Waals surface area (Å²) in [6, 6.07) is 5.67. The van der Waals surface area contributed by atoms with Gasteiger partial charge in [0.2, 0.25) is 0 Å². The molecule has 1 atom stereocenters. The van der Waals surface area contributed by atoms with Gasteiger partial charge in [0.1, 0.15) is 18.5 Å². The van der Waals surface area contributed by atoms with Crippen LogP contribution in [0.2, 0.25) is 0 Å². The van der Waals surface area contributed by atoms with E-state index in [2.05, 4.69) is 0 Å². The van der Waals surface area contributed by atoms with Crippen LogP contribution in [0.1, 0.15) is 11.1 Å². The lowest BCUT2D eigenvalue weighted by atomic mass is 10.1. The van der Waals surface area contributed by atoms with E-state index in [1.165, 1.54) is 5.56 Å². The Balaban J connectivity index is 1.87. The van der Waals surface area contributed by atoms with Gasteiger partial charge in [-0.15, -0.1) is 0 Å². The molecule has 5 heteroatoms. The molecule has 0 radical (unpaired) electrons. The molecule has 1 aliphatic rings. The average Bonchev–Trinajstić information content (AvgIpc) is 2.77. The maximum Gasteiger partial charge on any atom is 0.284 e. The molecule has 0 spiro atoms. The van der Waals surface area contributed by atoms with Gasteiger partial charge in [0.25, 0.3) is 5.91 Å². The molecule has 1 aromatic rings. The number of hydrogen-bond donors (Lipinski definition) is 1. The monoisotopic (exact) mass is 251 g/mol. The Morgan fingerprint density at radius 1 is 1.50 bits per heavy atom. The number of aliphatic hydroxyl groups is 1. The van der Waals surface area contributed by atoms with Crippen LogP contribution in [0.3, 0.4) is 0 Å². The van der Waals surface area contributed by atoms with Crippen molar-refractivity contribution < 1.29 is 19.5 Å². The third-order valence-corrected chi connectivity index (χ3v) is 2.92. The quantitative estimate of drug-likeness (QED) is 0.864. The van der Waals surface area contributed by atoms with E-state index in [4.69, 9.17) is 9.57 Å². The molecule has 0 unspecified atom stereocenters. The molecule has 1 aromatic carbocycles. The second-order valence-corrected chi connectivity index (χ2v) is 4.44. The highest BCUT2D eigenvalue weighted by molar-refractivity contribution is 5.76. The Bertz CT molecular complexity index is 447. The van der Waals surface area contributed by atoms with Crippen molar-refractivity contribution in [3.05, 3.63) is 29.3 Å². The minimum atomic E-state index is -0.601. The zero-order chi connectivity index (χ0) is 13.1. The van der Waals surface area contributed by atoms with Crippen LogP contribution in [-0.4, -0.2) is 41.9 Å². The molecule has 1 fully saturated rings. The molecule has 1 saturated heterocycles. The summed E-state index contributed by atoms with van der Waals surface area (Å²) in [5.74, 6) is 0.371. The maximum absolute atomic E-state index is 11.7. The molecule has 2 rings (SSSR count). The van der Waals surface area contributed by atoms with Crippen molar-refractivity contribution in [1.82, 2.24) is 5.06 Å². The van der Waals surface area contributed by atoms with Crippen LogP contribution >= 0.6 is 0 Å². The highest BCUT2D eigenvalue weighted by atomic mass is 16.7. The lowest BCUT2D eigenvalue weighted by Crippen LogP contribution is -2.32. The Morgan fingerprint density at radius 2 is 2.28 bits per heavy atom. The molecule has 98 valence electrons. The number of rotatable bonds is 3. The van der Waals surface area contributed by atoms with Crippen LogP contribution in [0.4, 0.5) is 0 Å². The van der Waals surface area contributed by atoms with E-state index in [9.17, 15) is 9.90 Å². The van der Waals surface area contributed by atoms with E-state index >= 15 is 0 Å². The van der Waals surface area contributed by atoms with E-state index in [0.717, 1.165) is 10.6 Å². The van der Waals surface area contributed by atoms with Crippen LogP contribution in [0.5, 0.6) is 5.75 Å². The van der Waals surface area contributed by atoms with Gasteiger partial charge in [-0.05, 0) is 37.1 Å². The molecular formula is C13H17NO4. The number of aliphatic hydroxyl groups excluding tert-OH is 1. The average molecular weight is 251 g/mol. The van der Waals surface area contributed by atoms with Gasteiger partial charge in [-0.2, -0.15) is 0 Å². The topological polar surface area (TPSA) is 59.0 Å². The van der Waals surface area contributed by atoms with Gasteiger partial charge < -0.3 is 9.84 Å². The summed E-state index contributed by atoms with van der Waals surface area (Å²) in [5, 5.41) is 10.4.